The second kappa shape index (κ2) is 7.92. The number of nitrogens with zero attached hydrogens (tertiary/aromatic N) is 1. The molecule has 1 aliphatic rings. The van der Waals surface area contributed by atoms with Crippen molar-refractivity contribution in [2.45, 2.75) is 0 Å². The van der Waals surface area contributed by atoms with Gasteiger partial charge in [0.1, 0.15) is 28.7 Å². The number of furan rings is 1. The van der Waals surface area contributed by atoms with Crippen molar-refractivity contribution in [1.82, 2.24) is 5.32 Å². The van der Waals surface area contributed by atoms with Gasteiger partial charge in [0.15, 0.2) is 5.11 Å². The number of halogens is 1. The molecule has 1 aliphatic heterocycles. The van der Waals surface area contributed by atoms with Crippen molar-refractivity contribution in [1.29, 1.82) is 0 Å². The molecule has 1 saturated heterocycles. The van der Waals surface area contributed by atoms with Crippen LogP contribution < -0.4 is 15.0 Å². The van der Waals surface area contributed by atoms with E-state index in [2.05, 4.69) is 5.32 Å². The number of hydrogen-bond donors (Lipinski definition) is 1. The van der Waals surface area contributed by atoms with E-state index >= 15 is 0 Å². The Labute approximate surface area is 176 Å². The minimum atomic E-state index is -0.626. The zero-order valence-corrected chi connectivity index (χ0v) is 16.5. The highest BCUT2D eigenvalue weighted by molar-refractivity contribution is 7.80. The van der Waals surface area contributed by atoms with E-state index in [9.17, 15) is 14.0 Å². The van der Waals surface area contributed by atoms with E-state index in [0.717, 1.165) is 0 Å². The molecule has 2 heterocycles. The van der Waals surface area contributed by atoms with Crippen LogP contribution in [0, 0.1) is 5.82 Å². The van der Waals surface area contributed by atoms with Crippen molar-refractivity contribution >= 4 is 40.9 Å². The molecule has 6 nitrogen and oxygen atoms in total. The zero-order chi connectivity index (χ0) is 21.3. The number of methoxy groups -OCH3 is 1. The van der Waals surface area contributed by atoms with E-state index in [-0.39, 0.29) is 16.4 Å². The smallest absolute Gasteiger partial charge is 0.270 e. The van der Waals surface area contributed by atoms with Crippen LogP contribution in [0.1, 0.15) is 5.76 Å². The Morgan fingerprint density at radius 1 is 1.10 bits per heavy atom. The number of rotatable bonds is 4. The van der Waals surface area contributed by atoms with Crippen LogP contribution in [-0.2, 0) is 9.59 Å². The average Bonchev–Trinajstić information content (AvgIpc) is 3.20. The molecule has 0 bridgehead atoms. The third-order valence-electron chi connectivity index (χ3n) is 4.45. The summed E-state index contributed by atoms with van der Waals surface area (Å²) in [6.07, 6.45) is 1.33. The highest BCUT2D eigenvalue weighted by atomic mass is 32.1. The minimum absolute atomic E-state index is 0.0211. The van der Waals surface area contributed by atoms with E-state index in [1.165, 1.54) is 30.2 Å². The molecular formula is C22H15FN2O4S. The van der Waals surface area contributed by atoms with Crippen molar-refractivity contribution in [3.05, 3.63) is 77.8 Å². The first-order valence-electron chi connectivity index (χ1n) is 8.87. The average molecular weight is 422 g/mol. The first-order valence-corrected chi connectivity index (χ1v) is 9.28. The first kappa shape index (κ1) is 19.5. The summed E-state index contributed by atoms with van der Waals surface area (Å²) in [5, 5.41) is 2.49. The standard InChI is InChI=1S/C22H15FN2O4S/c1-28-16-7-5-15(6-8-16)25-21(27)18(20(26)24-22(25)30)12-17-9-10-19(29-17)13-3-2-4-14(23)11-13/h2-12H,1H3,(H,24,26,30)/b18-12+. The molecule has 30 heavy (non-hydrogen) atoms. The van der Waals surface area contributed by atoms with E-state index in [4.69, 9.17) is 21.4 Å². The molecule has 4 rings (SSSR count). The molecule has 150 valence electrons. The highest BCUT2D eigenvalue weighted by Gasteiger charge is 2.34. The van der Waals surface area contributed by atoms with Gasteiger partial charge in [-0.1, -0.05) is 12.1 Å². The molecule has 3 aromatic rings. The number of anilines is 1. The molecule has 0 atom stereocenters. The van der Waals surface area contributed by atoms with E-state index in [1.54, 1.807) is 48.5 Å². The quantitative estimate of drug-likeness (QED) is 0.392. The van der Waals surface area contributed by atoms with Gasteiger partial charge in [0, 0.05) is 5.56 Å². The SMILES string of the molecule is COc1ccc(N2C(=O)/C(=C/c3ccc(-c4cccc(F)c4)o3)C(=O)NC2=S)cc1. The molecule has 1 N–H and O–H groups in total. The Morgan fingerprint density at radius 3 is 2.57 bits per heavy atom. The van der Waals surface area contributed by atoms with Crippen molar-refractivity contribution in [2.24, 2.45) is 0 Å². The van der Waals surface area contributed by atoms with Crippen molar-refractivity contribution in [3.8, 4) is 17.1 Å². The summed E-state index contributed by atoms with van der Waals surface area (Å²) < 4.78 is 24.2. The van der Waals surface area contributed by atoms with Crippen LogP contribution in [0.25, 0.3) is 17.4 Å². The maximum absolute atomic E-state index is 13.4. The van der Waals surface area contributed by atoms with Crippen LogP contribution >= 0.6 is 12.2 Å². The third kappa shape index (κ3) is 3.72. The third-order valence-corrected chi connectivity index (χ3v) is 4.74. The van der Waals surface area contributed by atoms with Crippen molar-refractivity contribution in [2.75, 3.05) is 12.0 Å². The summed E-state index contributed by atoms with van der Waals surface area (Å²) >= 11 is 5.18. The van der Waals surface area contributed by atoms with Crippen LogP contribution in [0.5, 0.6) is 5.75 Å². The van der Waals surface area contributed by atoms with Crippen LogP contribution in [0.15, 0.2) is 70.7 Å². The van der Waals surface area contributed by atoms with E-state index < -0.39 is 17.6 Å². The van der Waals surface area contributed by atoms with Crippen LogP contribution in [-0.4, -0.2) is 24.0 Å². The lowest BCUT2D eigenvalue weighted by molar-refractivity contribution is -0.122. The van der Waals surface area contributed by atoms with Gasteiger partial charge in [0.05, 0.1) is 12.8 Å². The summed E-state index contributed by atoms with van der Waals surface area (Å²) in [6, 6.07) is 15.8. The van der Waals surface area contributed by atoms with E-state index in [1.807, 2.05) is 0 Å². The van der Waals surface area contributed by atoms with Gasteiger partial charge in [0.25, 0.3) is 11.8 Å². The summed E-state index contributed by atoms with van der Waals surface area (Å²) in [7, 11) is 1.54. The Balaban J connectivity index is 1.66. The van der Waals surface area contributed by atoms with Gasteiger partial charge in [-0.25, -0.2) is 4.39 Å². The summed E-state index contributed by atoms with van der Waals surface area (Å²) in [5.41, 5.74) is 0.885. The van der Waals surface area contributed by atoms with Crippen LogP contribution in [0.4, 0.5) is 10.1 Å². The molecular weight excluding hydrogens is 407 g/mol. The summed E-state index contributed by atoms with van der Waals surface area (Å²) in [5.74, 6) is -0.303. The second-order valence-corrected chi connectivity index (χ2v) is 6.75. The van der Waals surface area contributed by atoms with Crippen LogP contribution in [0.3, 0.4) is 0 Å². The van der Waals surface area contributed by atoms with Crippen molar-refractivity contribution < 1.29 is 23.1 Å². The largest absolute Gasteiger partial charge is 0.497 e. The first-order chi connectivity index (χ1) is 14.5. The Hall–Kier alpha value is -3.78. The van der Waals surface area contributed by atoms with Gasteiger partial charge in [-0.3, -0.25) is 19.8 Å². The molecule has 8 heteroatoms. The monoisotopic (exact) mass is 422 g/mol. The van der Waals surface area contributed by atoms with Gasteiger partial charge < -0.3 is 9.15 Å². The molecule has 2 amide bonds. The Bertz CT molecular complexity index is 1180. The van der Waals surface area contributed by atoms with Gasteiger partial charge in [-0.2, -0.15) is 0 Å². The number of carbonyl (C=O) groups is 2. The number of ether oxygens (including phenoxy) is 1. The molecule has 0 saturated carbocycles. The molecule has 0 unspecified atom stereocenters. The zero-order valence-electron chi connectivity index (χ0n) is 15.7. The lowest BCUT2D eigenvalue weighted by atomic mass is 10.1. The molecule has 0 aliphatic carbocycles. The molecule has 1 fully saturated rings. The Kier molecular flexibility index (Phi) is 5.16. The number of amides is 2. The number of nitrogens with one attached hydrogen (secondary N) is 1. The molecule has 0 spiro atoms. The number of thiocarbonyl (C=S) groups is 1. The molecule has 0 radical (unpaired) electrons. The maximum atomic E-state index is 13.4. The minimum Gasteiger partial charge on any atom is -0.497 e. The predicted octanol–water partition coefficient (Wildman–Crippen LogP) is 3.93. The fourth-order valence-corrected chi connectivity index (χ4v) is 3.27. The van der Waals surface area contributed by atoms with Gasteiger partial charge >= 0.3 is 0 Å². The van der Waals surface area contributed by atoms with Gasteiger partial charge in [0.2, 0.25) is 0 Å². The fraction of sp³-hybridized carbons (Fsp3) is 0.0455. The lowest BCUT2D eigenvalue weighted by Gasteiger charge is -2.28. The summed E-state index contributed by atoms with van der Waals surface area (Å²) in [6.45, 7) is 0. The molecule has 1 aromatic heterocycles. The molecule has 2 aromatic carbocycles. The lowest BCUT2D eigenvalue weighted by Crippen LogP contribution is -2.54. The van der Waals surface area contributed by atoms with E-state index in [0.29, 0.717) is 22.8 Å². The number of carbonyl (C=O) groups excluding carboxylic acids is 2. The fourth-order valence-electron chi connectivity index (χ4n) is 2.99. The second-order valence-electron chi connectivity index (χ2n) is 6.37. The van der Waals surface area contributed by atoms with Gasteiger partial charge in [-0.05, 0) is 66.8 Å². The number of hydrogen-bond acceptors (Lipinski definition) is 5. The van der Waals surface area contributed by atoms with Crippen LogP contribution in [0.2, 0.25) is 0 Å². The maximum Gasteiger partial charge on any atom is 0.270 e. The topological polar surface area (TPSA) is 71.8 Å². The number of benzene rings is 2. The summed E-state index contributed by atoms with van der Waals surface area (Å²) in [4.78, 5) is 26.6. The van der Waals surface area contributed by atoms with Crippen molar-refractivity contribution in [3.63, 3.8) is 0 Å². The predicted molar refractivity (Wildman–Crippen MR) is 113 cm³/mol. The van der Waals surface area contributed by atoms with Gasteiger partial charge in [-0.15, -0.1) is 0 Å². The Morgan fingerprint density at radius 2 is 1.87 bits per heavy atom. The normalized spacial score (nSPS) is 15.5. The highest BCUT2D eigenvalue weighted by Crippen LogP contribution is 2.27.